The Morgan fingerprint density at radius 1 is 0.786 bits per heavy atom. The largest absolute Gasteiger partial charge is 0.284 e. The average molecular weight is 220 g/mol. The minimum Gasteiger partial charge on any atom is -0.284 e. The summed E-state index contributed by atoms with van der Waals surface area (Å²) in [4.78, 5) is 24.4. The molecule has 0 N–H and O–H groups in total. The van der Waals surface area contributed by atoms with Crippen LogP contribution in [0, 0.1) is 0 Å². The number of carbonyl (C=O) groups excluding carboxylic acids is 2. The van der Waals surface area contributed by atoms with Crippen LogP contribution in [-0.2, 0) is 0 Å². The van der Waals surface area contributed by atoms with Crippen molar-refractivity contribution >= 4 is 34.2 Å². The van der Waals surface area contributed by atoms with E-state index < -0.39 is 0 Å². The van der Waals surface area contributed by atoms with Crippen LogP contribution in [0.3, 0.4) is 0 Å². The lowest BCUT2D eigenvalue weighted by Crippen LogP contribution is -2.17. The summed E-state index contributed by atoms with van der Waals surface area (Å²) in [6.07, 6.45) is 0. The molecule has 68 valence electrons. The third-order valence-electron chi connectivity index (χ3n) is 2.24. The van der Waals surface area contributed by atoms with Gasteiger partial charge in [-0.05, 0) is 22.9 Å². The zero-order chi connectivity index (χ0) is 9.71. The number of hydrogen-bond acceptors (Lipinski definition) is 4. The molecule has 0 saturated carbocycles. The summed E-state index contributed by atoms with van der Waals surface area (Å²) in [6.45, 7) is 0. The van der Waals surface area contributed by atoms with Crippen molar-refractivity contribution in [3.8, 4) is 11.1 Å². The number of carbonyl (C=O) groups is 2. The minimum atomic E-state index is -0.357. The van der Waals surface area contributed by atoms with Crippen molar-refractivity contribution in [1.29, 1.82) is 0 Å². The molecule has 0 saturated heterocycles. The van der Waals surface area contributed by atoms with Crippen LogP contribution in [0.5, 0.6) is 0 Å². The molecule has 0 fully saturated rings. The summed E-state index contributed by atoms with van der Waals surface area (Å²) in [6, 6.07) is 3.80. The minimum absolute atomic E-state index is 0.357. The first-order chi connectivity index (χ1) is 6.79. The van der Waals surface area contributed by atoms with Crippen LogP contribution in [0.1, 0.15) is 19.3 Å². The Morgan fingerprint density at radius 3 is 1.64 bits per heavy atom. The molecule has 0 spiro atoms. The van der Waals surface area contributed by atoms with Crippen LogP contribution in [0.4, 0.5) is 0 Å². The van der Waals surface area contributed by atoms with Crippen molar-refractivity contribution in [3.05, 3.63) is 32.6 Å². The van der Waals surface area contributed by atoms with Gasteiger partial charge in [-0.1, -0.05) is 0 Å². The molecule has 1 aliphatic rings. The number of fused-ring (bicyclic) bond motifs is 3. The van der Waals surface area contributed by atoms with E-state index in [0.29, 0.717) is 9.75 Å². The molecule has 0 unspecified atom stereocenters. The first kappa shape index (κ1) is 8.08. The molecule has 1 aliphatic carbocycles. The highest BCUT2D eigenvalue weighted by Gasteiger charge is 2.32. The van der Waals surface area contributed by atoms with Crippen LogP contribution < -0.4 is 0 Å². The Kier molecular flexibility index (Phi) is 1.51. The third-order valence-corrected chi connectivity index (χ3v) is 4.07. The monoisotopic (exact) mass is 220 g/mol. The van der Waals surface area contributed by atoms with Gasteiger partial charge in [-0.3, -0.25) is 9.59 Å². The molecule has 0 bridgehead atoms. The molecule has 0 amide bonds. The van der Waals surface area contributed by atoms with E-state index in [1.165, 1.54) is 22.7 Å². The normalized spacial score (nSPS) is 14.0. The molecular weight excluding hydrogens is 216 g/mol. The number of ketones is 2. The van der Waals surface area contributed by atoms with Gasteiger partial charge in [0.05, 0.1) is 9.75 Å². The summed E-state index contributed by atoms with van der Waals surface area (Å²) < 4.78 is 0. The summed E-state index contributed by atoms with van der Waals surface area (Å²) in [7, 11) is 0. The highest BCUT2D eigenvalue weighted by Crippen LogP contribution is 2.38. The number of hydrogen-bond donors (Lipinski definition) is 0. The topological polar surface area (TPSA) is 34.1 Å². The molecule has 0 atom stereocenters. The van der Waals surface area contributed by atoms with Gasteiger partial charge in [0.25, 0.3) is 0 Å². The highest BCUT2D eigenvalue weighted by atomic mass is 32.1. The summed E-state index contributed by atoms with van der Waals surface area (Å²) >= 11 is 2.68. The molecular formula is C10H4O2S2. The van der Waals surface area contributed by atoms with Gasteiger partial charge in [0.1, 0.15) is 0 Å². The zero-order valence-corrected chi connectivity index (χ0v) is 8.58. The standard InChI is InChI=1S/C10H4O2S2/c11-7-8(12)10-6(2-4-14-10)5-1-3-13-9(5)7/h1-4H. The molecule has 4 heteroatoms. The van der Waals surface area contributed by atoms with Gasteiger partial charge in [-0.25, -0.2) is 0 Å². The van der Waals surface area contributed by atoms with Crippen LogP contribution in [-0.4, -0.2) is 11.6 Å². The molecule has 14 heavy (non-hydrogen) atoms. The fourth-order valence-electron chi connectivity index (χ4n) is 1.60. The van der Waals surface area contributed by atoms with Crippen LogP contribution >= 0.6 is 22.7 Å². The first-order valence-electron chi connectivity index (χ1n) is 4.03. The van der Waals surface area contributed by atoms with E-state index >= 15 is 0 Å². The van der Waals surface area contributed by atoms with Gasteiger partial charge in [0.2, 0.25) is 11.6 Å². The molecule has 0 aliphatic heterocycles. The van der Waals surface area contributed by atoms with E-state index in [-0.39, 0.29) is 11.6 Å². The third kappa shape index (κ3) is 0.844. The van der Waals surface area contributed by atoms with Crippen LogP contribution in [0.15, 0.2) is 22.9 Å². The van der Waals surface area contributed by atoms with Crippen LogP contribution in [0.25, 0.3) is 11.1 Å². The lowest BCUT2D eigenvalue weighted by molar-refractivity contribution is 0.0820. The maximum Gasteiger partial charge on any atom is 0.244 e. The Morgan fingerprint density at radius 2 is 1.21 bits per heavy atom. The molecule has 2 aromatic rings. The van der Waals surface area contributed by atoms with Crippen molar-refractivity contribution in [1.82, 2.24) is 0 Å². The second kappa shape index (κ2) is 2.62. The fourth-order valence-corrected chi connectivity index (χ4v) is 3.29. The van der Waals surface area contributed by atoms with Crippen molar-refractivity contribution < 1.29 is 9.59 Å². The zero-order valence-electron chi connectivity index (χ0n) is 6.94. The lowest BCUT2D eigenvalue weighted by atomic mass is 9.96. The van der Waals surface area contributed by atoms with Gasteiger partial charge >= 0.3 is 0 Å². The summed E-state index contributed by atoms with van der Waals surface area (Å²) in [5.74, 6) is -0.713. The second-order valence-electron chi connectivity index (χ2n) is 2.99. The van der Waals surface area contributed by atoms with Crippen LogP contribution in [0.2, 0.25) is 0 Å². The predicted molar refractivity (Wildman–Crippen MR) is 56.3 cm³/mol. The smallest absolute Gasteiger partial charge is 0.244 e. The number of thiophene rings is 2. The summed E-state index contributed by atoms with van der Waals surface area (Å²) in [5.41, 5.74) is 1.83. The number of rotatable bonds is 0. The fraction of sp³-hybridized carbons (Fsp3) is 0. The quantitative estimate of drug-likeness (QED) is 0.640. The van der Waals surface area contributed by atoms with E-state index in [9.17, 15) is 9.59 Å². The molecule has 3 rings (SSSR count). The van der Waals surface area contributed by atoms with E-state index in [1.54, 1.807) is 0 Å². The van der Waals surface area contributed by atoms with Crippen molar-refractivity contribution in [2.24, 2.45) is 0 Å². The Hall–Kier alpha value is -1.26. The Balaban J connectivity index is 2.43. The molecule has 2 aromatic heterocycles. The van der Waals surface area contributed by atoms with E-state index in [4.69, 9.17) is 0 Å². The molecule has 2 nitrogen and oxygen atoms in total. The summed E-state index contributed by atoms with van der Waals surface area (Å²) in [5, 5.41) is 3.70. The molecule has 2 heterocycles. The lowest BCUT2D eigenvalue weighted by Gasteiger charge is -2.08. The van der Waals surface area contributed by atoms with Crippen molar-refractivity contribution in [2.45, 2.75) is 0 Å². The Bertz CT molecular complexity index is 498. The predicted octanol–water partition coefficient (Wildman–Crippen LogP) is 2.86. The Labute approximate surface area is 87.8 Å². The van der Waals surface area contributed by atoms with Gasteiger partial charge in [-0.2, -0.15) is 0 Å². The van der Waals surface area contributed by atoms with E-state index in [2.05, 4.69) is 0 Å². The van der Waals surface area contributed by atoms with E-state index in [0.717, 1.165) is 11.1 Å². The maximum absolute atomic E-state index is 11.6. The van der Waals surface area contributed by atoms with Gasteiger partial charge < -0.3 is 0 Å². The van der Waals surface area contributed by atoms with E-state index in [1.807, 2.05) is 22.9 Å². The highest BCUT2D eigenvalue weighted by molar-refractivity contribution is 7.17. The molecule has 0 radical (unpaired) electrons. The molecule has 0 aromatic carbocycles. The second-order valence-corrected chi connectivity index (χ2v) is 4.82. The maximum atomic E-state index is 11.6. The van der Waals surface area contributed by atoms with Gasteiger partial charge in [0, 0.05) is 11.1 Å². The SMILES string of the molecule is O=C1C(=O)c2sccc2-c2ccsc21. The van der Waals surface area contributed by atoms with Gasteiger partial charge in [0.15, 0.2) is 0 Å². The van der Waals surface area contributed by atoms with Gasteiger partial charge in [-0.15, -0.1) is 22.7 Å². The number of Topliss-reactive ketones (excluding diaryl/α,β-unsaturated/α-hetero) is 2. The average Bonchev–Trinajstić information content (AvgIpc) is 2.80. The first-order valence-corrected chi connectivity index (χ1v) is 5.79. The van der Waals surface area contributed by atoms with Crippen molar-refractivity contribution in [2.75, 3.05) is 0 Å². The van der Waals surface area contributed by atoms with Crippen molar-refractivity contribution in [3.63, 3.8) is 0 Å².